The predicted octanol–water partition coefficient (Wildman–Crippen LogP) is 0.555. The number of carbonyl (C=O) groups is 1. The fraction of sp³-hybridized carbons (Fsp3) is 0.700. The third-order valence-corrected chi connectivity index (χ3v) is 1.81. The first-order valence-electron chi connectivity index (χ1n) is 4.59. The molecule has 13 heavy (non-hydrogen) atoms. The highest BCUT2D eigenvalue weighted by Gasteiger charge is 2.14. The van der Waals surface area contributed by atoms with Gasteiger partial charge in [0.25, 0.3) is 0 Å². The molecule has 0 saturated carbocycles. The molecule has 0 aliphatic carbocycles. The molecule has 0 radical (unpaired) electrons. The molecule has 0 aliphatic heterocycles. The summed E-state index contributed by atoms with van der Waals surface area (Å²) in [5.41, 5.74) is 5.70. The third-order valence-electron chi connectivity index (χ3n) is 1.81. The first-order valence-corrected chi connectivity index (χ1v) is 4.59. The smallest absolute Gasteiger partial charge is 0.172 e. The fourth-order valence-corrected chi connectivity index (χ4v) is 0.957. The van der Waals surface area contributed by atoms with Gasteiger partial charge in [-0.05, 0) is 13.0 Å². The van der Waals surface area contributed by atoms with Crippen molar-refractivity contribution in [3.63, 3.8) is 0 Å². The normalized spacial score (nSPS) is 14.8. The molecule has 3 nitrogen and oxygen atoms in total. The summed E-state index contributed by atoms with van der Waals surface area (Å²) in [5.74, 6) is 0.0240. The molecule has 1 unspecified atom stereocenters. The summed E-state index contributed by atoms with van der Waals surface area (Å²) in [6, 6.07) is -0.339. The lowest BCUT2D eigenvalue weighted by atomic mass is 10.1. The first-order chi connectivity index (χ1) is 5.87. The Bertz CT molecular complexity index is 192. The van der Waals surface area contributed by atoms with Crippen molar-refractivity contribution in [1.82, 2.24) is 0 Å². The summed E-state index contributed by atoms with van der Waals surface area (Å²) < 4.78 is 0.844. The van der Waals surface area contributed by atoms with Gasteiger partial charge in [0.05, 0.1) is 33.7 Å². The topological polar surface area (TPSA) is 43.1 Å². The first kappa shape index (κ1) is 12.3. The van der Waals surface area contributed by atoms with Crippen LogP contribution in [0.15, 0.2) is 12.2 Å². The van der Waals surface area contributed by atoms with Crippen molar-refractivity contribution in [1.29, 1.82) is 0 Å². The van der Waals surface area contributed by atoms with Crippen LogP contribution >= 0.6 is 0 Å². The number of nitrogens with two attached hydrogens (primary N) is 1. The van der Waals surface area contributed by atoms with Gasteiger partial charge < -0.3 is 10.2 Å². The van der Waals surface area contributed by atoms with Crippen molar-refractivity contribution < 1.29 is 9.28 Å². The van der Waals surface area contributed by atoms with E-state index in [-0.39, 0.29) is 11.8 Å². The number of hydrogen-bond donors (Lipinski definition) is 1. The van der Waals surface area contributed by atoms with E-state index in [1.807, 2.05) is 6.92 Å². The van der Waals surface area contributed by atoms with Crippen LogP contribution < -0.4 is 5.73 Å². The van der Waals surface area contributed by atoms with Crippen LogP contribution in [0.25, 0.3) is 0 Å². The second-order valence-electron chi connectivity index (χ2n) is 4.31. The van der Waals surface area contributed by atoms with Gasteiger partial charge in [-0.25, -0.2) is 0 Å². The maximum Gasteiger partial charge on any atom is 0.172 e. The number of rotatable bonds is 5. The van der Waals surface area contributed by atoms with Crippen molar-refractivity contribution in [2.24, 2.45) is 5.73 Å². The minimum absolute atomic E-state index is 0.0240. The van der Waals surface area contributed by atoms with Gasteiger partial charge in [0.1, 0.15) is 0 Å². The average Bonchev–Trinajstić information content (AvgIpc) is 1.99. The van der Waals surface area contributed by atoms with E-state index in [9.17, 15) is 4.79 Å². The minimum Gasteiger partial charge on any atom is -0.331 e. The lowest BCUT2D eigenvalue weighted by molar-refractivity contribution is -0.870. The predicted molar refractivity (Wildman–Crippen MR) is 55.3 cm³/mol. The Kier molecular flexibility index (Phi) is 4.88. The molecule has 0 rings (SSSR count). The molecular weight excluding hydrogens is 164 g/mol. The van der Waals surface area contributed by atoms with Gasteiger partial charge in [0.15, 0.2) is 5.78 Å². The van der Waals surface area contributed by atoms with E-state index in [4.69, 9.17) is 5.73 Å². The maximum absolute atomic E-state index is 11.2. The zero-order chi connectivity index (χ0) is 10.5. The van der Waals surface area contributed by atoms with Crippen LogP contribution in [0.2, 0.25) is 0 Å². The van der Waals surface area contributed by atoms with Crippen LogP contribution in [0.4, 0.5) is 0 Å². The molecule has 0 saturated heterocycles. The second kappa shape index (κ2) is 5.14. The highest BCUT2D eigenvalue weighted by atomic mass is 16.1. The van der Waals surface area contributed by atoms with E-state index >= 15 is 0 Å². The Hall–Kier alpha value is -0.670. The molecule has 0 spiro atoms. The van der Waals surface area contributed by atoms with Crippen molar-refractivity contribution in [2.45, 2.75) is 19.4 Å². The van der Waals surface area contributed by atoms with Crippen LogP contribution in [0.5, 0.6) is 0 Å². The largest absolute Gasteiger partial charge is 0.331 e. The van der Waals surface area contributed by atoms with E-state index in [1.54, 1.807) is 12.2 Å². The number of quaternary nitrogens is 1. The maximum atomic E-state index is 11.2. The Balaban J connectivity index is 3.88. The average molecular weight is 185 g/mol. The molecule has 0 aliphatic rings. The highest BCUT2D eigenvalue weighted by molar-refractivity contribution is 5.93. The molecule has 1 atom stereocenters. The molecule has 0 amide bonds. The molecular formula is C10H21N2O+. The summed E-state index contributed by atoms with van der Waals surface area (Å²) in [6.07, 6.45) is 4.02. The van der Waals surface area contributed by atoms with Gasteiger partial charge in [-0.1, -0.05) is 6.08 Å². The molecule has 0 heterocycles. The number of nitrogens with zero attached hydrogens (tertiary/aromatic N) is 1. The van der Waals surface area contributed by atoms with E-state index < -0.39 is 0 Å². The van der Waals surface area contributed by atoms with Crippen molar-refractivity contribution in [2.75, 3.05) is 27.7 Å². The zero-order valence-electron chi connectivity index (χ0n) is 9.08. The number of allylic oxidation sites excluding steroid dienone is 1. The Morgan fingerprint density at radius 2 is 2.00 bits per heavy atom. The third kappa shape index (κ3) is 6.49. The van der Waals surface area contributed by atoms with Gasteiger partial charge in [0, 0.05) is 6.42 Å². The van der Waals surface area contributed by atoms with Crippen LogP contribution in [0.1, 0.15) is 13.3 Å². The van der Waals surface area contributed by atoms with E-state index in [1.165, 1.54) is 0 Å². The van der Waals surface area contributed by atoms with Crippen molar-refractivity contribution in [3.8, 4) is 0 Å². The summed E-state index contributed by atoms with van der Waals surface area (Å²) in [5, 5.41) is 0. The molecule has 0 aromatic rings. The standard InChI is InChI=1S/C10H21N2O/c1-5-6-10(13)9(11)7-8-12(2,3)4/h5-6,9H,7-8,11H2,1-4H3/q+1. The van der Waals surface area contributed by atoms with E-state index in [0.717, 1.165) is 17.4 Å². The Labute approximate surface area is 80.8 Å². The SMILES string of the molecule is CC=CC(=O)C(N)CC[N+](C)(C)C. The molecule has 76 valence electrons. The second-order valence-corrected chi connectivity index (χ2v) is 4.31. The lowest BCUT2D eigenvalue weighted by Crippen LogP contribution is -2.40. The summed E-state index contributed by atoms with van der Waals surface area (Å²) in [6.45, 7) is 2.74. The quantitative estimate of drug-likeness (QED) is 0.502. The monoisotopic (exact) mass is 185 g/mol. The number of carbonyl (C=O) groups excluding carboxylic acids is 1. The Morgan fingerprint density at radius 1 is 1.46 bits per heavy atom. The van der Waals surface area contributed by atoms with Crippen molar-refractivity contribution in [3.05, 3.63) is 12.2 Å². The van der Waals surface area contributed by atoms with Gasteiger partial charge in [-0.15, -0.1) is 0 Å². The van der Waals surface area contributed by atoms with Gasteiger partial charge in [0.2, 0.25) is 0 Å². The lowest BCUT2D eigenvalue weighted by Gasteiger charge is -2.24. The van der Waals surface area contributed by atoms with Crippen LogP contribution in [0.3, 0.4) is 0 Å². The van der Waals surface area contributed by atoms with Gasteiger partial charge >= 0.3 is 0 Å². The van der Waals surface area contributed by atoms with Crippen LogP contribution in [-0.4, -0.2) is 44.0 Å². The Morgan fingerprint density at radius 3 is 2.38 bits per heavy atom. The fourth-order valence-electron chi connectivity index (χ4n) is 0.957. The van der Waals surface area contributed by atoms with E-state index in [0.29, 0.717) is 0 Å². The molecule has 0 aromatic heterocycles. The van der Waals surface area contributed by atoms with Crippen LogP contribution in [0, 0.1) is 0 Å². The number of hydrogen-bond acceptors (Lipinski definition) is 2. The number of ketones is 1. The molecule has 0 fully saturated rings. The van der Waals surface area contributed by atoms with Gasteiger partial charge in [-0.2, -0.15) is 0 Å². The summed E-state index contributed by atoms with van der Waals surface area (Å²) in [4.78, 5) is 11.2. The van der Waals surface area contributed by atoms with Gasteiger partial charge in [-0.3, -0.25) is 4.79 Å². The van der Waals surface area contributed by atoms with E-state index in [2.05, 4.69) is 21.1 Å². The highest BCUT2D eigenvalue weighted by Crippen LogP contribution is 1.98. The summed E-state index contributed by atoms with van der Waals surface area (Å²) in [7, 11) is 6.27. The minimum atomic E-state index is -0.339. The zero-order valence-corrected chi connectivity index (χ0v) is 9.08. The van der Waals surface area contributed by atoms with Crippen molar-refractivity contribution >= 4 is 5.78 Å². The van der Waals surface area contributed by atoms with Crippen LogP contribution in [-0.2, 0) is 4.79 Å². The summed E-state index contributed by atoms with van der Waals surface area (Å²) >= 11 is 0. The molecule has 0 aromatic carbocycles. The molecule has 0 bridgehead atoms. The molecule has 3 heteroatoms. The molecule has 2 N–H and O–H groups in total.